The van der Waals surface area contributed by atoms with Crippen LogP contribution < -0.4 is 49.3 Å². The summed E-state index contributed by atoms with van der Waals surface area (Å²) in [5.74, 6) is 6.57. The topological polar surface area (TPSA) is 424 Å². The maximum absolute atomic E-state index is 13.5. The molecule has 30 heteroatoms. The Hall–Kier alpha value is -13.7. The van der Waals surface area contributed by atoms with Crippen LogP contribution in [0.3, 0.4) is 0 Å². The molecule has 0 bridgehead atoms. The number of para-hydroxylation sites is 3. The molecule has 7 unspecified atom stereocenters. The number of nitro groups is 1. The third-order valence-electron chi connectivity index (χ3n) is 26.8. The number of aromatic hydroxyl groups is 3. The second-order valence-electron chi connectivity index (χ2n) is 38.7. The molecule has 9 aliphatic rings. The van der Waals surface area contributed by atoms with E-state index in [1.807, 2.05) is 140 Å². The predicted octanol–water partition coefficient (Wildman–Crippen LogP) is 25.2. The van der Waals surface area contributed by atoms with Crippen LogP contribution in [0, 0.1) is 45.6 Å². The maximum Gasteiger partial charge on any atom is 0.343 e. The van der Waals surface area contributed by atoms with Crippen LogP contribution in [-0.2, 0) is 59.5 Å². The minimum absolute atomic E-state index is 0.0171. The second-order valence-corrected chi connectivity index (χ2v) is 41.2. The van der Waals surface area contributed by atoms with Gasteiger partial charge in [-0.1, -0.05) is 211 Å². The van der Waals surface area contributed by atoms with Crippen LogP contribution in [0.5, 0.6) is 34.5 Å². The van der Waals surface area contributed by atoms with Gasteiger partial charge in [0.1, 0.15) is 51.8 Å². The maximum atomic E-state index is 13.5. The van der Waals surface area contributed by atoms with Gasteiger partial charge in [0.05, 0.1) is 34.4 Å². The number of carbonyl (C=O) groups is 4. The van der Waals surface area contributed by atoms with Gasteiger partial charge in [0.25, 0.3) is 5.69 Å². The summed E-state index contributed by atoms with van der Waals surface area (Å²) in [6.45, 7) is 4.28. The van der Waals surface area contributed by atoms with Crippen LogP contribution >= 0.6 is 0 Å². The monoisotopic (exact) mass is 2050 g/mol. The normalized spacial score (nSPS) is 17.4. The molecule has 7 atom stereocenters. The Labute approximate surface area is 864 Å². The largest absolute Gasteiger partial charge is 0.507 e. The van der Waals surface area contributed by atoms with E-state index in [1.165, 1.54) is 49.9 Å². The molecule has 27 nitrogen and oxygen atoms in total. The van der Waals surface area contributed by atoms with E-state index in [0.717, 1.165) is 224 Å². The van der Waals surface area contributed by atoms with E-state index in [9.17, 15) is 76.7 Å². The Bertz CT molecular complexity index is 6680. The number of benzene rings is 9. The summed E-state index contributed by atoms with van der Waals surface area (Å²) in [4.78, 5) is 92.3. The lowest BCUT2D eigenvalue weighted by Crippen LogP contribution is -2.20. The molecule has 0 spiro atoms. The van der Waals surface area contributed by atoms with Crippen LogP contribution in [0.2, 0.25) is 0 Å². The number of aliphatic hydroxyl groups is 1. The Balaban J connectivity index is 0.000000137. The van der Waals surface area contributed by atoms with Gasteiger partial charge in [0.2, 0.25) is 0 Å². The van der Waals surface area contributed by atoms with Gasteiger partial charge in [-0.15, -0.1) is 0 Å². The lowest BCUT2D eigenvalue weighted by Gasteiger charge is -2.25. The molecular weight excluding hydrogens is 1920 g/mol. The number of rotatable bonds is 30. The number of non-ortho nitro benzene ring substituents is 1. The van der Waals surface area contributed by atoms with Crippen molar-refractivity contribution in [1.82, 2.24) is 0 Å². The lowest BCUT2D eigenvalue weighted by molar-refractivity contribution is -0.384. The van der Waals surface area contributed by atoms with Crippen molar-refractivity contribution in [3.8, 4) is 34.5 Å². The molecule has 3 heterocycles. The molecular formula is C117H131N5O22S3. The number of nitro benzene ring substituents is 1. The molecule has 147 heavy (non-hydrogen) atoms. The number of carbonyl (C=O) groups excluding carboxylic acids is 4. The molecule has 9 N–H and O–H groups in total. The van der Waals surface area contributed by atoms with Gasteiger partial charge in [-0.3, -0.25) is 43.5 Å². The van der Waals surface area contributed by atoms with Crippen LogP contribution in [-0.4, -0.2) is 61.1 Å². The number of anilines is 4. The smallest absolute Gasteiger partial charge is 0.343 e. The molecule has 0 amide bonds. The molecule has 774 valence electrons. The first-order valence-corrected chi connectivity index (χ1v) is 54.7. The SMILES string of the molecule is CCCC1CCCCCc2c(O)cc(=O)oc21.CCCC1CCCCCc2c1oc(=O)c(C(c1cccc(NS(=O)Oc3ccccc3)c1)C1CC1)c2O.Nc1cccc(C(=O)C2CC2)c1.O=C(c1cccc(NS(=O)Oc2ccccc2)c1)C1CC1.O=C(c1cccc([N+](=O)[O-])c1)C1CC1.O=C(c1ccccc1)C1CC1.O=S(Nc1cccc(C(O)C2CC2)c1)Oc1ccccc1.O=c1cc(O)c2c(o1)CCCCCC2. The highest BCUT2D eigenvalue weighted by molar-refractivity contribution is 7.82. The van der Waals surface area contributed by atoms with Crippen molar-refractivity contribution in [3.63, 3.8) is 0 Å². The highest BCUT2D eigenvalue weighted by atomic mass is 32.2. The zero-order valence-electron chi connectivity index (χ0n) is 83.0. The van der Waals surface area contributed by atoms with Crippen molar-refractivity contribution in [2.75, 3.05) is 19.9 Å². The fourth-order valence-electron chi connectivity index (χ4n) is 18.3. The standard InChI is InChI=1S/C30H35NO5S.C16H17NO3S.C16H15NO3S.C14H20O3.C11H14O3.C10H9NO3.C10H11NO.C10H10O/c1-2-10-21-11-5-3-8-16-25-28(32)27(30(33)35-29(21)25)26(20-17-18-20)22-12-9-13-23(19-22)31-37(34)36-24-14-6-4-7-15-24;2*18-16(12-9-10-12)13-5-4-6-14(11-13)17-21(19)20-15-7-2-1-3-8-15;1-2-6-10-7-4-3-5-8-11-12(15)9-13(16)17-14(10)11;12-9-7-11(13)14-10-6-4-2-1-3-5-8(9)10;12-10(7-4-5-7)8-2-1-3-9(6-8)11(13)14;11-9-3-1-2-8(6-9)10(12)7-4-5-7;11-10(9-6-7-9)8-4-2-1-3-5-8/h4,6-7,9,12-15,19-21,26,31-32H,2-3,5,8,10-11,16-18H2,1H3;1-8,11-12,16-18H,9-10H2;1-8,11-12,17H,9-10H2;9-10,15H,2-8H2,1H3;7,12H,1-6H2;1-3,6-7H,4-5H2;1-3,6-7H,4-5,11H2;1-5,9H,6-7H2. The zero-order valence-corrected chi connectivity index (χ0v) is 85.5. The van der Waals surface area contributed by atoms with E-state index in [-0.39, 0.29) is 75.8 Å². The van der Waals surface area contributed by atoms with Gasteiger partial charge in [-0.25, -0.2) is 14.4 Å². The molecule has 0 aliphatic heterocycles. The fourth-order valence-corrected chi connectivity index (χ4v) is 20.2. The van der Waals surface area contributed by atoms with Gasteiger partial charge in [0.15, 0.2) is 23.1 Å². The quantitative estimate of drug-likeness (QED) is 0.00897. The van der Waals surface area contributed by atoms with Crippen LogP contribution in [0.15, 0.2) is 282 Å². The number of hydrogen-bond acceptors (Lipinski definition) is 23. The van der Waals surface area contributed by atoms with Gasteiger partial charge >= 0.3 is 50.7 Å². The summed E-state index contributed by atoms with van der Waals surface area (Å²) in [5.41, 5.74) is 14.2. The van der Waals surface area contributed by atoms with Gasteiger partial charge in [0, 0.05) is 116 Å². The van der Waals surface area contributed by atoms with Gasteiger partial charge < -0.3 is 52.0 Å². The van der Waals surface area contributed by atoms with Crippen molar-refractivity contribution in [1.29, 1.82) is 0 Å². The number of aliphatic hydroxyl groups excluding tert-OH is 1. The summed E-state index contributed by atoms with van der Waals surface area (Å²) >= 11 is -5.15. The fraction of sp³-hybridized carbons (Fsp3) is 0.376. The van der Waals surface area contributed by atoms with E-state index < -0.39 is 61.7 Å². The second kappa shape index (κ2) is 54.7. The molecule has 6 fully saturated rings. The number of hydrogen-bond donors (Lipinski definition) is 8. The molecule has 6 saturated carbocycles. The van der Waals surface area contributed by atoms with Gasteiger partial charge in [-0.2, -0.15) is 12.6 Å². The first kappa shape index (κ1) is 109. The van der Waals surface area contributed by atoms with Crippen LogP contribution in [0.4, 0.5) is 28.4 Å². The Morgan fingerprint density at radius 2 is 0.782 bits per heavy atom. The van der Waals surface area contributed by atoms with Crippen molar-refractivity contribution in [2.45, 2.75) is 243 Å². The summed E-state index contributed by atoms with van der Waals surface area (Å²) < 4.78 is 77.3. The van der Waals surface area contributed by atoms with E-state index in [2.05, 4.69) is 28.0 Å². The number of ketones is 4. The molecule has 9 aliphatic carbocycles. The number of nitrogens with two attached hydrogens (primary N) is 1. The Morgan fingerprint density at radius 1 is 0.401 bits per heavy atom. The lowest BCUT2D eigenvalue weighted by atomic mass is 9.82. The van der Waals surface area contributed by atoms with Crippen molar-refractivity contribution in [3.05, 3.63) is 369 Å². The number of fused-ring (bicyclic) bond motifs is 3. The van der Waals surface area contributed by atoms with Crippen molar-refractivity contribution < 1.29 is 83.0 Å². The minimum atomic E-state index is -1.78. The highest BCUT2D eigenvalue weighted by Crippen LogP contribution is 2.51. The molecule has 21 rings (SSSR count). The van der Waals surface area contributed by atoms with E-state index in [0.29, 0.717) is 91.7 Å². The zero-order chi connectivity index (χ0) is 104. The van der Waals surface area contributed by atoms with E-state index in [1.54, 1.807) is 91.0 Å². The Kier molecular flexibility index (Phi) is 40.5. The highest BCUT2D eigenvalue weighted by Gasteiger charge is 2.41. The first-order valence-electron chi connectivity index (χ1n) is 51.5. The van der Waals surface area contributed by atoms with Gasteiger partial charge in [-0.05, 0) is 256 Å². The number of aryl methyl sites for hydroxylation is 1. The first-order chi connectivity index (χ1) is 71.3. The van der Waals surface area contributed by atoms with E-state index >= 15 is 0 Å². The number of nitrogens with zero attached hydrogens (tertiary/aromatic N) is 1. The number of nitrogen functional groups attached to an aromatic ring is 1. The molecule has 12 aromatic rings. The van der Waals surface area contributed by atoms with E-state index in [4.69, 9.17) is 31.5 Å². The third-order valence-corrected chi connectivity index (χ3v) is 29.1. The summed E-state index contributed by atoms with van der Waals surface area (Å²) in [5, 5.41) is 51.6. The average Bonchev–Trinajstić information content (AvgIpc) is 1.50. The molecule has 0 saturated heterocycles. The third kappa shape index (κ3) is 33.9. The van der Waals surface area contributed by atoms with Crippen LogP contribution in [0.25, 0.3) is 0 Å². The van der Waals surface area contributed by atoms with Crippen molar-refractivity contribution >= 4 is 85.4 Å². The summed E-state index contributed by atoms with van der Waals surface area (Å²) in [7, 11) is 0. The summed E-state index contributed by atoms with van der Waals surface area (Å²) in [6.07, 6.45) is 32.2. The summed E-state index contributed by atoms with van der Waals surface area (Å²) in [6, 6.07) is 73.8. The molecule has 0 radical (unpaired) electrons. The average molecular weight is 2060 g/mol. The molecule has 3 aromatic heterocycles. The van der Waals surface area contributed by atoms with Crippen LogP contribution in [0.1, 0.15) is 310 Å². The van der Waals surface area contributed by atoms with Crippen molar-refractivity contribution in [2.24, 2.45) is 35.5 Å². The minimum Gasteiger partial charge on any atom is -0.507 e. The predicted molar refractivity (Wildman–Crippen MR) is 572 cm³/mol. The number of Topliss-reactive ketones (excluding diaryl/α,β-unsaturated/α-hetero) is 4. The Morgan fingerprint density at radius 3 is 1.25 bits per heavy atom. The number of nitrogens with one attached hydrogen (secondary N) is 3. The molecule has 9 aromatic carbocycles.